The number of nitrogens with one attached hydrogen (secondary N) is 1. The highest BCUT2D eigenvalue weighted by Crippen LogP contribution is 2.22. The number of aliphatic hydroxyl groups is 1. The molecule has 1 aliphatic heterocycles. The normalized spacial score (nSPS) is 18.5. The Morgan fingerprint density at radius 2 is 2.21 bits per heavy atom. The average Bonchev–Trinajstić information content (AvgIpc) is 2.18. The third-order valence-electron chi connectivity index (χ3n) is 2.15. The number of carbonyl (C=O) groups is 1. The number of fused-ring (bicyclic) bond motifs is 1. The van der Waals surface area contributed by atoms with E-state index < -0.39 is 12.2 Å². The van der Waals surface area contributed by atoms with Gasteiger partial charge in [-0.2, -0.15) is 0 Å². The van der Waals surface area contributed by atoms with Gasteiger partial charge in [-0.1, -0.05) is 6.07 Å². The molecule has 0 saturated heterocycles. The maximum absolute atomic E-state index is 10.7. The number of carboxylic acid groups (broad SMARTS) is 1. The molecule has 0 spiro atoms. The molecule has 0 bridgehead atoms. The number of hydrogen-bond donors (Lipinski definition) is 3. The fourth-order valence-corrected chi connectivity index (χ4v) is 1.42. The van der Waals surface area contributed by atoms with Crippen molar-refractivity contribution >= 4 is 12.0 Å². The van der Waals surface area contributed by atoms with Crippen LogP contribution in [0.1, 0.15) is 27.7 Å². The molecule has 0 amide bonds. The largest absolute Gasteiger partial charge is 0.478 e. The minimum atomic E-state index is -0.991. The van der Waals surface area contributed by atoms with Crippen molar-refractivity contribution in [3.05, 3.63) is 41.1 Å². The molecule has 3 N–H and O–H groups in total. The highest BCUT2D eigenvalue weighted by atomic mass is 16.4. The Kier molecular flexibility index (Phi) is 1.98. The molecule has 4 heteroatoms. The molecule has 1 aliphatic rings. The summed E-state index contributed by atoms with van der Waals surface area (Å²) < 4.78 is 0. The first-order valence-corrected chi connectivity index (χ1v) is 4.16. The number of aromatic carboxylic acids is 1. The van der Waals surface area contributed by atoms with E-state index in [0.29, 0.717) is 5.56 Å². The van der Waals surface area contributed by atoms with Crippen LogP contribution in [0.3, 0.4) is 0 Å². The van der Waals surface area contributed by atoms with Gasteiger partial charge in [0.2, 0.25) is 0 Å². The van der Waals surface area contributed by atoms with Crippen LogP contribution >= 0.6 is 0 Å². The van der Waals surface area contributed by atoms with Crippen molar-refractivity contribution in [2.75, 3.05) is 0 Å². The van der Waals surface area contributed by atoms with Crippen LogP contribution in [-0.2, 0) is 0 Å². The zero-order valence-corrected chi connectivity index (χ0v) is 7.27. The quantitative estimate of drug-likeness (QED) is 0.618. The van der Waals surface area contributed by atoms with Crippen LogP contribution in [0.25, 0.3) is 6.08 Å². The van der Waals surface area contributed by atoms with Gasteiger partial charge in [0.1, 0.15) is 0 Å². The Hall–Kier alpha value is -1.81. The summed E-state index contributed by atoms with van der Waals surface area (Å²) in [4.78, 5) is 10.7. The highest BCUT2D eigenvalue weighted by Gasteiger charge is 2.15. The molecule has 2 rings (SSSR count). The molecule has 0 aromatic heterocycles. The Labute approximate surface area is 80.5 Å². The fourth-order valence-electron chi connectivity index (χ4n) is 1.42. The van der Waals surface area contributed by atoms with E-state index in [4.69, 9.17) is 5.11 Å². The summed E-state index contributed by atoms with van der Waals surface area (Å²) in [5.74, 6) is -0.991. The third-order valence-corrected chi connectivity index (χ3v) is 2.15. The van der Waals surface area contributed by atoms with Gasteiger partial charge in [0.15, 0.2) is 6.23 Å². The number of hydrogen-bond acceptors (Lipinski definition) is 3. The summed E-state index contributed by atoms with van der Waals surface area (Å²) in [5.41, 5.74) is 1.61. The van der Waals surface area contributed by atoms with Crippen LogP contribution in [0.5, 0.6) is 0 Å². The Morgan fingerprint density at radius 3 is 2.93 bits per heavy atom. The van der Waals surface area contributed by atoms with Crippen molar-refractivity contribution in [3.8, 4) is 0 Å². The van der Waals surface area contributed by atoms with Crippen LogP contribution in [-0.4, -0.2) is 16.2 Å². The minimum absolute atomic E-state index is 0.180. The predicted molar refractivity (Wildman–Crippen MR) is 50.5 cm³/mol. The Balaban J connectivity index is 2.52. The maximum atomic E-state index is 10.7. The van der Waals surface area contributed by atoms with E-state index in [1.54, 1.807) is 18.3 Å². The molecule has 1 aromatic carbocycles. The highest BCUT2D eigenvalue weighted by molar-refractivity contribution is 5.88. The predicted octanol–water partition coefficient (Wildman–Crippen LogP) is 0.950. The van der Waals surface area contributed by atoms with Crippen molar-refractivity contribution in [2.24, 2.45) is 0 Å². The van der Waals surface area contributed by atoms with Crippen molar-refractivity contribution in [1.29, 1.82) is 0 Å². The van der Waals surface area contributed by atoms with Gasteiger partial charge >= 0.3 is 5.97 Å². The molecule has 1 heterocycles. The lowest BCUT2D eigenvalue weighted by atomic mass is 10.0. The van der Waals surface area contributed by atoms with E-state index in [-0.39, 0.29) is 5.56 Å². The SMILES string of the molecule is O=C(O)c1ccc2c(c1)C(O)NC=C2. The lowest BCUT2D eigenvalue weighted by Crippen LogP contribution is -2.19. The van der Waals surface area contributed by atoms with E-state index in [9.17, 15) is 9.90 Å². The van der Waals surface area contributed by atoms with Crippen molar-refractivity contribution in [3.63, 3.8) is 0 Å². The van der Waals surface area contributed by atoms with Gasteiger partial charge < -0.3 is 15.5 Å². The summed E-state index contributed by atoms with van der Waals surface area (Å²) in [6.07, 6.45) is 2.59. The van der Waals surface area contributed by atoms with Crippen LogP contribution in [0.15, 0.2) is 24.4 Å². The van der Waals surface area contributed by atoms with E-state index in [1.807, 2.05) is 0 Å². The zero-order chi connectivity index (χ0) is 10.1. The van der Waals surface area contributed by atoms with Crippen LogP contribution in [0, 0.1) is 0 Å². The van der Waals surface area contributed by atoms with Crippen LogP contribution in [0.4, 0.5) is 0 Å². The smallest absolute Gasteiger partial charge is 0.335 e. The van der Waals surface area contributed by atoms with Crippen LogP contribution in [0.2, 0.25) is 0 Å². The second-order valence-electron chi connectivity index (χ2n) is 3.05. The van der Waals surface area contributed by atoms with Gasteiger partial charge in [0.05, 0.1) is 5.56 Å². The lowest BCUT2D eigenvalue weighted by molar-refractivity contribution is 0.0696. The zero-order valence-electron chi connectivity index (χ0n) is 7.27. The molecule has 0 radical (unpaired) electrons. The second-order valence-corrected chi connectivity index (χ2v) is 3.05. The summed E-state index contributed by atoms with van der Waals surface area (Å²) in [6, 6.07) is 4.67. The summed E-state index contributed by atoms with van der Waals surface area (Å²) >= 11 is 0. The topological polar surface area (TPSA) is 69.6 Å². The lowest BCUT2D eigenvalue weighted by Gasteiger charge is -2.18. The molecule has 1 atom stereocenters. The monoisotopic (exact) mass is 191 g/mol. The Bertz CT molecular complexity index is 412. The van der Waals surface area contributed by atoms with Gasteiger partial charge in [-0.15, -0.1) is 0 Å². The molecule has 72 valence electrons. The van der Waals surface area contributed by atoms with Gasteiger partial charge in [-0.05, 0) is 30.0 Å². The standard InChI is InChI=1S/C10H9NO3/c12-9-8-5-7(10(13)14)2-1-6(8)3-4-11-9/h1-5,9,11-12H,(H,13,14). The van der Waals surface area contributed by atoms with E-state index >= 15 is 0 Å². The second kappa shape index (κ2) is 3.16. The number of aliphatic hydroxyl groups excluding tert-OH is 1. The third kappa shape index (κ3) is 1.36. The van der Waals surface area contributed by atoms with Gasteiger partial charge in [0.25, 0.3) is 0 Å². The van der Waals surface area contributed by atoms with E-state index in [1.165, 1.54) is 12.1 Å². The summed E-state index contributed by atoms with van der Waals surface area (Å²) in [5, 5.41) is 21.0. The first-order valence-electron chi connectivity index (χ1n) is 4.16. The molecule has 0 fully saturated rings. The molecule has 14 heavy (non-hydrogen) atoms. The van der Waals surface area contributed by atoms with Gasteiger partial charge in [-0.25, -0.2) is 4.79 Å². The first kappa shape index (κ1) is 8.77. The molecular formula is C10H9NO3. The molecule has 0 saturated carbocycles. The summed E-state index contributed by atoms with van der Waals surface area (Å²) in [6.45, 7) is 0. The minimum Gasteiger partial charge on any atom is -0.478 e. The number of rotatable bonds is 1. The Morgan fingerprint density at radius 1 is 1.43 bits per heavy atom. The first-order chi connectivity index (χ1) is 6.68. The molecule has 1 aromatic rings. The average molecular weight is 191 g/mol. The fraction of sp³-hybridized carbons (Fsp3) is 0.100. The molecule has 1 unspecified atom stereocenters. The summed E-state index contributed by atoms with van der Waals surface area (Å²) in [7, 11) is 0. The van der Waals surface area contributed by atoms with Crippen LogP contribution < -0.4 is 5.32 Å². The van der Waals surface area contributed by atoms with Gasteiger partial charge in [-0.3, -0.25) is 0 Å². The number of benzene rings is 1. The van der Waals surface area contributed by atoms with Crippen molar-refractivity contribution < 1.29 is 15.0 Å². The molecule has 4 nitrogen and oxygen atoms in total. The number of carboxylic acids is 1. The van der Waals surface area contributed by atoms with Crippen molar-refractivity contribution in [2.45, 2.75) is 6.23 Å². The van der Waals surface area contributed by atoms with Gasteiger partial charge in [0, 0.05) is 5.56 Å². The van der Waals surface area contributed by atoms with E-state index in [0.717, 1.165) is 5.56 Å². The maximum Gasteiger partial charge on any atom is 0.335 e. The van der Waals surface area contributed by atoms with Crippen molar-refractivity contribution in [1.82, 2.24) is 5.32 Å². The molecular weight excluding hydrogens is 182 g/mol. The molecule has 0 aliphatic carbocycles. The van der Waals surface area contributed by atoms with E-state index in [2.05, 4.69) is 5.32 Å².